The highest BCUT2D eigenvalue weighted by molar-refractivity contribution is 6.39. The molecule has 0 saturated carbocycles. The molecule has 0 unspecified atom stereocenters. The lowest BCUT2D eigenvalue weighted by Gasteiger charge is -2.21. The van der Waals surface area contributed by atoms with Crippen LogP contribution in [0.1, 0.15) is 26.7 Å². The highest BCUT2D eigenvalue weighted by Gasteiger charge is 2.22. The van der Waals surface area contributed by atoms with E-state index in [-0.39, 0.29) is 0 Å². The molecule has 0 bridgehead atoms. The third-order valence-corrected chi connectivity index (χ3v) is 3.12. The van der Waals surface area contributed by atoms with Gasteiger partial charge in [-0.3, -0.25) is 9.59 Å². The van der Waals surface area contributed by atoms with Crippen LogP contribution < -0.4 is 14.8 Å². The van der Waals surface area contributed by atoms with Crippen LogP contribution in [0, 0.1) is 0 Å². The number of methoxy groups -OCH3 is 2. The van der Waals surface area contributed by atoms with Crippen molar-refractivity contribution in [3.8, 4) is 11.5 Å². The van der Waals surface area contributed by atoms with Crippen molar-refractivity contribution in [2.75, 3.05) is 32.6 Å². The zero-order valence-electron chi connectivity index (χ0n) is 13.6. The Morgan fingerprint density at radius 2 is 1.73 bits per heavy atom. The Kier molecular flexibility index (Phi) is 7.22. The average Bonchev–Trinajstić information content (AvgIpc) is 2.53. The van der Waals surface area contributed by atoms with Gasteiger partial charge in [-0.1, -0.05) is 13.8 Å². The molecule has 1 aromatic carbocycles. The number of carbonyl (C=O) groups excluding carboxylic acids is 2. The van der Waals surface area contributed by atoms with E-state index in [1.165, 1.54) is 14.2 Å². The molecule has 6 nitrogen and oxygen atoms in total. The van der Waals surface area contributed by atoms with Gasteiger partial charge < -0.3 is 19.7 Å². The summed E-state index contributed by atoms with van der Waals surface area (Å²) in [6, 6.07) is 5.01. The fraction of sp³-hybridized carbons (Fsp3) is 0.500. The van der Waals surface area contributed by atoms with Crippen LogP contribution in [0.15, 0.2) is 18.2 Å². The lowest BCUT2D eigenvalue weighted by atomic mass is 10.2. The van der Waals surface area contributed by atoms with Gasteiger partial charge in [0.25, 0.3) is 0 Å². The maximum atomic E-state index is 12.2. The van der Waals surface area contributed by atoms with Crippen molar-refractivity contribution in [3.05, 3.63) is 18.2 Å². The molecule has 0 spiro atoms. The molecule has 0 fully saturated rings. The minimum atomic E-state index is -0.673. The summed E-state index contributed by atoms with van der Waals surface area (Å²) in [6.45, 7) is 5.07. The van der Waals surface area contributed by atoms with Gasteiger partial charge in [-0.05, 0) is 25.0 Å². The average molecular weight is 308 g/mol. The first-order valence-electron chi connectivity index (χ1n) is 7.39. The zero-order chi connectivity index (χ0) is 16.5. The predicted octanol–water partition coefficient (Wildman–Crippen LogP) is 2.29. The summed E-state index contributed by atoms with van der Waals surface area (Å²) in [7, 11) is 3.03. The Balaban J connectivity index is 2.88. The third kappa shape index (κ3) is 4.65. The van der Waals surface area contributed by atoms with E-state index in [0.29, 0.717) is 30.3 Å². The first-order chi connectivity index (χ1) is 10.6. The summed E-state index contributed by atoms with van der Waals surface area (Å²) in [5.41, 5.74) is 0.410. The van der Waals surface area contributed by atoms with E-state index in [4.69, 9.17) is 9.47 Å². The molecule has 0 aliphatic rings. The van der Waals surface area contributed by atoms with Crippen LogP contribution in [0.25, 0.3) is 0 Å². The largest absolute Gasteiger partial charge is 0.497 e. The van der Waals surface area contributed by atoms with Crippen LogP contribution in [0.3, 0.4) is 0 Å². The maximum Gasteiger partial charge on any atom is 0.314 e. The van der Waals surface area contributed by atoms with Crippen molar-refractivity contribution in [3.63, 3.8) is 0 Å². The molecule has 0 radical (unpaired) electrons. The van der Waals surface area contributed by atoms with E-state index in [9.17, 15) is 9.59 Å². The molecule has 0 aliphatic carbocycles. The van der Waals surface area contributed by atoms with Crippen molar-refractivity contribution >= 4 is 17.5 Å². The number of benzene rings is 1. The quantitative estimate of drug-likeness (QED) is 0.785. The Morgan fingerprint density at radius 1 is 1.09 bits per heavy atom. The molecular formula is C16H24N2O4. The topological polar surface area (TPSA) is 67.9 Å². The van der Waals surface area contributed by atoms with E-state index in [1.54, 1.807) is 23.1 Å². The molecule has 0 saturated heterocycles. The normalized spacial score (nSPS) is 10.0. The van der Waals surface area contributed by atoms with Gasteiger partial charge >= 0.3 is 11.8 Å². The van der Waals surface area contributed by atoms with Crippen molar-refractivity contribution in [2.24, 2.45) is 0 Å². The molecule has 2 amide bonds. The van der Waals surface area contributed by atoms with E-state index >= 15 is 0 Å². The van der Waals surface area contributed by atoms with Gasteiger partial charge in [0.2, 0.25) is 0 Å². The molecule has 1 aromatic rings. The number of hydrogen-bond donors (Lipinski definition) is 1. The van der Waals surface area contributed by atoms with Gasteiger partial charge in [0.05, 0.1) is 19.9 Å². The van der Waals surface area contributed by atoms with Crippen molar-refractivity contribution < 1.29 is 19.1 Å². The van der Waals surface area contributed by atoms with Crippen LogP contribution in [-0.2, 0) is 9.59 Å². The standard InChI is InChI=1S/C16H24N2O4/c1-5-9-18(10-6-2)16(20)15(19)17-13-11-12(21-3)7-8-14(13)22-4/h7-8,11H,5-6,9-10H2,1-4H3,(H,17,19). The number of nitrogens with one attached hydrogen (secondary N) is 1. The van der Waals surface area contributed by atoms with Gasteiger partial charge in [0.1, 0.15) is 11.5 Å². The first kappa shape index (κ1) is 17.8. The summed E-state index contributed by atoms with van der Waals surface area (Å²) in [5, 5.41) is 2.60. The van der Waals surface area contributed by atoms with Gasteiger partial charge in [-0.15, -0.1) is 0 Å². The number of hydrogen-bond acceptors (Lipinski definition) is 4. The Hall–Kier alpha value is -2.24. The summed E-state index contributed by atoms with van der Waals surface area (Å²) in [5.74, 6) is -0.163. The number of rotatable bonds is 7. The highest BCUT2D eigenvalue weighted by Crippen LogP contribution is 2.28. The minimum absolute atomic E-state index is 0.410. The second-order valence-electron chi connectivity index (χ2n) is 4.81. The molecule has 22 heavy (non-hydrogen) atoms. The van der Waals surface area contributed by atoms with Crippen LogP contribution in [0.5, 0.6) is 11.5 Å². The van der Waals surface area contributed by atoms with Gasteiger partial charge in [0.15, 0.2) is 0 Å². The van der Waals surface area contributed by atoms with Gasteiger partial charge in [0, 0.05) is 19.2 Å². The van der Waals surface area contributed by atoms with Gasteiger partial charge in [-0.25, -0.2) is 0 Å². The number of amides is 2. The summed E-state index contributed by atoms with van der Waals surface area (Å²) < 4.78 is 10.3. The monoisotopic (exact) mass is 308 g/mol. The molecule has 1 N–H and O–H groups in total. The summed E-state index contributed by atoms with van der Waals surface area (Å²) in [4.78, 5) is 26.0. The highest BCUT2D eigenvalue weighted by atomic mass is 16.5. The number of nitrogens with zero attached hydrogens (tertiary/aromatic N) is 1. The molecule has 1 rings (SSSR count). The Labute approximate surface area is 131 Å². The first-order valence-corrected chi connectivity index (χ1v) is 7.39. The smallest absolute Gasteiger partial charge is 0.314 e. The van der Waals surface area contributed by atoms with E-state index in [1.807, 2.05) is 13.8 Å². The maximum absolute atomic E-state index is 12.2. The second kappa shape index (κ2) is 8.92. The van der Waals surface area contributed by atoms with Crippen molar-refractivity contribution in [1.29, 1.82) is 0 Å². The minimum Gasteiger partial charge on any atom is -0.497 e. The molecule has 122 valence electrons. The van der Waals surface area contributed by atoms with Crippen molar-refractivity contribution in [2.45, 2.75) is 26.7 Å². The number of ether oxygens (including phenoxy) is 2. The summed E-state index contributed by atoms with van der Waals surface area (Å²) in [6.07, 6.45) is 1.61. The number of anilines is 1. The number of carbonyl (C=O) groups is 2. The van der Waals surface area contributed by atoms with E-state index in [0.717, 1.165) is 12.8 Å². The molecule has 0 atom stereocenters. The van der Waals surface area contributed by atoms with Crippen LogP contribution in [0.4, 0.5) is 5.69 Å². The zero-order valence-corrected chi connectivity index (χ0v) is 13.6. The predicted molar refractivity (Wildman–Crippen MR) is 85.3 cm³/mol. The molecule has 0 heterocycles. The fourth-order valence-electron chi connectivity index (χ4n) is 2.09. The Bertz CT molecular complexity index is 511. The molecule has 0 aliphatic heterocycles. The van der Waals surface area contributed by atoms with Gasteiger partial charge in [-0.2, -0.15) is 0 Å². The lowest BCUT2D eigenvalue weighted by Crippen LogP contribution is -2.40. The van der Waals surface area contributed by atoms with Crippen LogP contribution >= 0.6 is 0 Å². The third-order valence-electron chi connectivity index (χ3n) is 3.12. The van der Waals surface area contributed by atoms with E-state index in [2.05, 4.69) is 5.32 Å². The van der Waals surface area contributed by atoms with E-state index < -0.39 is 11.8 Å². The van der Waals surface area contributed by atoms with Crippen LogP contribution in [0.2, 0.25) is 0 Å². The molecule has 0 aromatic heterocycles. The summed E-state index contributed by atoms with van der Waals surface area (Å²) >= 11 is 0. The van der Waals surface area contributed by atoms with Crippen LogP contribution in [-0.4, -0.2) is 44.0 Å². The van der Waals surface area contributed by atoms with Crippen molar-refractivity contribution in [1.82, 2.24) is 4.90 Å². The fourth-order valence-corrected chi connectivity index (χ4v) is 2.09. The SMILES string of the molecule is CCCN(CCC)C(=O)C(=O)Nc1cc(OC)ccc1OC. The lowest BCUT2D eigenvalue weighted by molar-refractivity contribution is -0.143. The molecular weight excluding hydrogens is 284 g/mol. The molecule has 6 heteroatoms. The Morgan fingerprint density at radius 3 is 2.23 bits per heavy atom. The second-order valence-corrected chi connectivity index (χ2v) is 4.81.